The Hall–Kier alpha value is -0.830. The third-order valence-electron chi connectivity index (χ3n) is 3.26. The normalized spacial score (nSPS) is 22.7. The summed E-state index contributed by atoms with van der Waals surface area (Å²) in [5.74, 6) is 0.189. The van der Waals surface area contributed by atoms with Crippen molar-refractivity contribution in [1.82, 2.24) is 10.2 Å². The van der Waals surface area contributed by atoms with Gasteiger partial charge in [-0.3, -0.25) is 4.79 Å². The van der Waals surface area contributed by atoms with Gasteiger partial charge in [-0.15, -0.1) is 0 Å². The zero-order valence-corrected chi connectivity index (χ0v) is 10.8. The van der Waals surface area contributed by atoms with Gasteiger partial charge < -0.3 is 10.2 Å². The maximum absolute atomic E-state index is 12.1. The van der Waals surface area contributed by atoms with Crippen LogP contribution in [0.2, 0.25) is 0 Å². The summed E-state index contributed by atoms with van der Waals surface area (Å²) < 4.78 is 0. The molecule has 0 radical (unpaired) electrons. The van der Waals surface area contributed by atoms with Gasteiger partial charge in [0.05, 0.1) is 0 Å². The van der Waals surface area contributed by atoms with Crippen LogP contribution in [0.25, 0.3) is 0 Å². The molecule has 0 bridgehead atoms. The molecule has 0 spiro atoms. The molecule has 1 saturated heterocycles. The van der Waals surface area contributed by atoms with Gasteiger partial charge in [0, 0.05) is 18.7 Å². The second-order valence-electron chi connectivity index (χ2n) is 4.55. The molecule has 0 saturated carbocycles. The SMILES string of the molecule is CC/C=C(/C)C(=O)N(C)C1CCCNCC1. The molecule has 92 valence electrons. The number of rotatable bonds is 3. The molecule has 1 N–H and O–H groups in total. The predicted octanol–water partition coefficient (Wildman–Crippen LogP) is 1.94. The molecule has 1 fully saturated rings. The van der Waals surface area contributed by atoms with E-state index in [1.165, 1.54) is 6.42 Å². The fourth-order valence-corrected chi connectivity index (χ4v) is 2.23. The summed E-state index contributed by atoms with van der Waals surface area (Å²) in [7, 11) is 1.94. The third kappa shape index (κ3) is 3.63. The topological polar surface area (TPSA) is 32.3 Å². The van der Waals surface area contributed by atoms with Crippen LogP contribution in [0, 0.1) is 0 Å². The van der Waals surface area contributed by atoms with E-state index >= 15 is 0 Å². The molecular formula is C13H24N2O. The Balaban J connectivity index is 2.57. The van der Waals surface area contributed by atoms with E-state index in [2.05, 4.69) is 12.2 Å². The van der Waals surface area contributed by atoms with Crippen molar-refractivity contribution < 1.29 is 4.79 Å². The summed E-state index contributed by atoms with van der Waals surface area (Å²) in [6, 6.07) is 0.405. The van der Waals surface area contributed by atoms with Crippen LogP contribution in [0.1, 0.15) is 39.5 Å². The van der Waals surface area contributed by atoms with Crippen LogP contribution in [0.5, 0.6) is 0 Å². The van der Waals surface area contributed by atoms with E-state index in [9.17, 15) is 4.79 Å². The molecule has 0 aromatic rings. The van der Waals surface area contributed by atoms with Crippen molar-refractivity contribution >= 4 is 5.91 Å². The zero-order valence-electron chi connectivity index (χ0n) is 10.8. The Labute approximate surface area is 98.9 Å². The molecule has 16 heavy (non-hydrogen) atoms. The van der Waals surface area contributed by atoms with Crippen LogP contribution >= 0.6 is 0 Å². The van der Waals surface area contributed by atoms with Gasteiger partial charge in [-0.1, -0.05) is 13.0 Å². The van der Waals surface area contributed by atoms with Crippen LogP contribution < -0.4 is 5.32 Å². The molecule has 1 heterocycles. The predicted molar refractivity (Wildman–Crippen MR) is 67.3 cm³/mol. The molecule has 0 aromatic heterocycles. The highest BCUT2D eigenvalue weighted by Gasteiger charge is 2.21. The number of hydrogen-bond acceptors (Lipinski definition) is 2. The van der Waals surface area contributed by atoms with Crippen molar-refractivity contribution in [3.8, 4) is 0 Å². The average molecular weight is 224 g/mol. The standard InChI is InChI=1S/C13H24N2O/c1-4-6-11(2)13(16)15(3)12-7-5-9-14-10-8-12/h6,12,14H,4-5,7-10H2,1-3H3/b11-6-. The summed E-state index contributed by atoms with van der Waals surface area (Å²) in [4.78, 5) is 14.0. The van der Waals surface area contributed by atoms with Gasteiger partial charge in [0.25, 0.3) is 0 Å². The number of carbonyl (C=O) groups excluding carboxylic acids is 1. The lowest BCUT2D eigenvalue weighted by Crippen LogP contribution is -2.38. The van der Waals surface area contributed by atoms with Crippen molar-refractivity contribution in [3.63, 3.8) is 0 Å². The molecule has 3 heteroatoms. The first-order valence-corrected chi connectivity index (χ1v) is 6.31. The zero-order chi connectivity index (χ0) is 12.0. The van der Waals surface area contributed by atoms with E-state index in [1.807, 2.05) is 24.9 Å². The molecule has 1 aliphatic heterocycles. The molecule has 3 nitrogen and oxygen atoms in total. The Morgan fingerprint density at radius 3 is 2.88 bits per heavy atom. The highest BCUT2D eigenvalue weighted by atomic mass is 16.2. The van der Waals surface area contributed by atoms with Gasteiger partial charge in [0.1, 0.15) is 0 Å². The molecule has 1 unspecified atom stereocenters. The van der Waals surface area contributed by atoms with Crippen molar-refractivity contribution in [2.45, 2.75) is 45.6 Å². The van der Waals surface area contributed by atoms with E-state index in [-0.39, 0.29) is 5.91 Å². The first kappa shape index (κ1) is 13.2. The number of carbonyl (C=O) groups is 1. The largest absolute Gasteiger partial charge is 0.339 e. The van der Waals surface area contributed by atoms with Crippen LogP contribution in [0.15, 0.2) is 11.6 Å². The van der Waals surface area contributed by atoms with Crippen molar-refractivity contribution in [2.24, 2.45) is 0 Å². The summed E-state index contributed by atoms with van der Waals surface area (Å²) >= 11 is 0. The second kappa shape index (κ2) is 6.69. The molecule has 0 aliphatic carbocycles. The van der Waals surface area contributed by atoms with Gasteiger partial charge in [-0.2, -0.15) is 0 Å². The second-order valence-corrected chi connectivity index (χ2v) is 4.55. The molecule has 0 aromatic carbocycles. The molecule has 1 amide bonds. The molecule has 1 rings (SSSR count). The lowest BCUT2D eigenvalue weighted by atomic mass is 10.1. The minimum absolute atomic E-state index is 0.189. The van der Waals surface area contributed by atoms with Gasteiger partial charge in [-0.25, -0.2) is 0 Å². The summed E-state index contributed by atoms with van der Waals surface area (Å²) in [5, 5.41) is 3.37. The average Bonchev–Trinajstić information content (AvgIpc) is 2.56. The minimum atomic E-state index is 0.189. The molecule has 1 atom stereocenters. The lowest BCUT2D eigenvalue weighted by Gasteiger charge is -2.27. The van der Waals surface area contributed by atoms with E-state index < -0.39 is 0 Å². The minimum Gasteiger partial charge on any atom is -0.339 e. The van der Waals surface area contributed by atoms with Crippen LogP contribution in [0.4, 0.5) is 0 Å². The fraction of sp³-hybridized carbons (Fsp3) is 0.769. The summed E-state index contributed by atoms with van der Waals surface area (Å²) in [6.45, 7) is 6.09. The maximum atomic E-state index is 12.1. The van der Waals surface area contributed by atoms with Gasteiger partial charge in [0.2, 0.25) is 5.91 Å². The first-order chi connectivity index (χ1) is 7.66. The number of amides is 1. The Morgan fingerprint density at radius 1 is 1.44 bits per heavy atom. The van der Waals surface area contributed by atoms with Crippen molar-refractivity contribution in [1.29, 1.82) is 0 Å². The number of likely N-dealkylation sites (N-methyl/N-ethyl adjacent to an activating group) is 1. The third-order valence-corrected chi connectivity index (χ3v) is 3.26. The number of nitrogens with one attached hydrogen (secondary N) is 1. The highest BCUT2D eigenvalue weighted by Crippen LogP contribution is 2.14. The van der Waals surface area contributed by atoms with Crippen LogP contribution in [-0.2, 0) is 4.79 Å². The van der Waals surface area contributed by atoms with E-state index in [1.54, 1.807) is 0 Å². The molecular weight excluding hydrogens is 200 g/mol. The Kier molecular flexibility index (Phi) is 5.53. The van der Waals surface area contributed by atoms with Crippen molar-refractivity contribution in [3.05, 3.63) is 11.6 Å². The summed E-state index contributed by atoms with van der Waals surface area (Å²) in [6.07, 6.45) is 6.29. The number of hydrogen-bond donors (Lipinski definition) is 1. The smallest absolute Gasteiger partial charge is 0.249 e. The van der Waals surface area contributed by atoms with Crippen LogP contribution in [-0.4, -0.2) is 37.0 Å². The fourth-order valence-electron chi connectivity index (χ4n) is 2.23. The monoisotopic (exact) mass is 224 g/mol. The van der Waals surface area contributed by atoms with Gasteiger partial charge >= 0.3 is 0 Å². The first-order valence-electron chi connectivity index (χ1n) is 6.31. The van der Waals surface area contributed by atoms with Gasteiger partial charge in [-0.05, 0) is 45.7 Å². The quantitative estimate of drug-likeness (QED) is 0.743. The Bertz CT molecular complexity index is 253. The summed E-state index contributed by atoms with van der Waals surface area (Å²) in [5.41, 5.74) is 0.877. The number of allylic oxidation sites excluding steroid dienone is 1. The lowest BCUT2D eigenvalue weighted by molar-refractivity contribution is -0.128. The van der Waals surface area contributed by atoms with Crippen molar-refractivity contribution in [2.75, 3.05) is 20.1 Å². The van der Waals surface area contributed by atoms with E-state index in [0.29, 0.717) is 6.04 Å². The molecule has 1 aliphatic rings. The number of nitrogens with zero attached hydrogens (tertiary/aromatic N) is 1. The van der Waals surface area contributed by atoms with Gasteiger partial charge in [0.15, 0.2) is 0 Å². The Morgan fingerprint density at radius 2 is 2.19 bits per heavy atom. The van der Waals surface area contributed by atoms with Crippen LogP contribution in [0.3, 0.4) is 0 Å². The van der Waals surface area contributed by atoms with E-state index in [4.69, 9.17) is 0 Å². The highest BCUT2D eigenvalue weighted by molar-refractivity contribution is 5.92. The maximum Gasteiger partial charge on any atom is 0.249 e. The van der Waals surface area contributed by atoms with E-state index in [0.717, 1.165) is 37.9 Å².